The van der Waals surface area contributed by atoms with Gasteiger partial charge in [-0.1, -0.05) is 135 Å². The maximum atomic E-state index is 9.20. The Kier molecular flexibility index (Phi) is 24.4. The molecule has 0 amide bonds. The van der Waals surface area contributed by atoms with Gasteiger partial charge >= 0.3 is 0 Å². The van der Waals surface area contributed by atoms with E-state index in [1.807, 2.05) is 123 Å². The van der Waals surface area contributed by atoms with E-state index in [1.165, 1.54) is 11.4 Å². The Morgan fingerprint density at radius 2 is 0.750 bits per heavy atom. The van der Waals surface area contributed by atoms with E-state index in [4.69, 9.17) is 15.3 Å². The summed E-state index contributed by atoms with van der Waals surface area (Å²) in [5.41, 5.74) is 15.9. The number of ether oxygens (including phenoxy) is 1. The molecule has 1 heterocycles. The molecule has 8 aromatic rings. The number of benzene rings is 8. The van der Waals surface area contributed by atoms with Crippen LogP contribution in [0, 0.1) is 45.3 Å². The van der Waals surface area contributed by atoms with Gasteiger partial charge in [0.05, 0.1) is 59.7 Å². The Morgan fingerprint density at radius 1 is 0.425 bits per heavy atom. The van der Waals surface area contributed by atoms with Gasteiger partial charge in [-0.25, -0.2) is 0 Å². The van der Waals surface area contributed by atoms with Crippen LogP contribution in [-0.4, -0.2) is 84.6 Å². The zero-order valence-electron chi connectivity index (χ0n) is 47.4. The lowest BCUT2D eigenvalue weighted by Crippen LogP contribution is -2.38. The number of rotatable bonds is 17. The number of anilines is 4. The van der Waals surface area contributed by atoms with Crippen molar-refractivity contribution < 1.29 is 4.74 Å². The molecule has 8 aromatic carbocycles. The molecule has 1 fully saturated rings. The van der Waals surface area contributed by atoms with Crippen LogP contribution in [0.2, 0.25) is 0 Å². The summed E-state index contributed by atoms with van der Waals surface area (Å²) >= 11 is 0. The summed E-state index contributed by atoms with van der Waals surface area (Å²) in [6.07, 6.45) is 2.30. The van der Waals surface area contributed by atoms with Crippen molar-refractivity contribution in [2.75, 3.05) is 99.7 Å². The van der Waals surface area contributed by atoms with Gasteiger partial charge in [-0.2, -0.15) is 21.0 Å². The molecular weight excluding hydrogens is 983 g/mol. The molecule has 1 aliphatic heterocycles. The predicted octanol–water partition coefficient (Wildman–Crippen LogP) is 15.2. The van der Waals surface area contributed by atoms with Gasteiger partial charge in [0.1, 0.15) is 0 Å². The quantitative estimate of drug-likeness (QED) is 0.0941. The molecule has 9 rings (SSSR count). The second-order valence-corrected chi connectivity index (χ2v) is 19.3. The van der Waals surface area contributed by atoms with E-state index in [0.717, 1.165) is 145 Å². The third kappa shape index (κ3) is 17.4. The van der Waals surface area contributed by atoms with Gasteiger partial charge in [0.25, 0.3) is 0 Å². The van der Waals surface area contributed by atoms with Crippen LogP contribution >= 0.6 is 0 Å². The number of hydrogen-bond acceptors (Lipinski definition) is 10. The van der Waals surface area contributed by atoms with Gasteiger partial charge in [-0.05, 0) is 144 Å². The van der Waals surface area contributed by atoms with Gasteiger partial charge in [-0.15, -0.1) is 0 Å². The fourth-order valence-electron chi connectivity index (χ4n) is 9.42. The molecule has 0 atom stereocenters. The Bertz CT molecular complexity index is 3290. The fourth-order valence-corrected chi connectivity index (χ4v) is 9.42. The number of morpholine rings is 1. The van der Waals surface area contributed by atoms with E-state index >= 15 is 0 Å². The first-order chi connectivity index (χ1) is 39.2. The standard InChI is InChI=1S/C19H21N3O.C19H22N2.C17H18N2.C15H14N2/c20-15-17-3-1-2-4-19(17)16-5-7-18(8-6-16)21-9-10-22-11-13-23-14-12-22;1-3-13-21(14-4-2)18-11-9-16(10-12-18)19-8-6-5-7-17(19)15-20;1-3-19(4-2)16-11-9-14(10-12-16)17-8-6-5-7-15(17)13-18;1-17(2)14-9-7-12(8-10-14)15-6-4-3-5-13(15)11-16/h1-8,21H,9-14H2;5-12H,3-4,13-14H2,1-2H3;5-12H,3-4H2,1-2H3;3-10H,1-2H3. The molecule has 0 saturated carbocycles. The highest BCUT2D eigenvalue weighted by Crippen LogP contribution is 2.29. The maximum absolute atomic E-state index is 9.20. The molecule has 0 aliphatic carbocycles. The Labute approximate surface area is 476 Å². The first kappa shape index (κ1) is 60.1. The van der Waals surface area contributed by atoms with Gasteiger partial charge in [0.15, 0.2) is 0 Å². The predicted molar refractivity (Wildman–Crippen MR) is 333 cm³/mol. The molecule has 80 heavy (non-hydrogen) atoms. The highest BCUT2D eigenvalue weighted by molar-refractivity contribution is 5.75. The SMILES string of the molecule is CCCN(CCC)c1ccc(-c2ccccc2C#N)cc1.CCN(CC)c1ccc(-c2ccccc2C#N)cc1.CN(C)c1ccc(-c2ccccc2C#N)cc1.N#Cc1ccccc1-c1ccc(NCCN2CCOCC2)cc1. The van der Waals surface area contributed by atoms with Crippen molar-refractivity contribution in [1.82, 2.24) is 4.90 Å². The minimum Gasteiger partial charge on any atom is -0.384 e. The Morgan fingerprint density at radius 3 is 1.07 bits per heavy atom. The summed E-state index contributed by atoms with van der Waals surface area (Å²) in [4.78, 5) is 9.19. The average Bonchev–Trinajstić information content (AvgIpc) is 3.52. The van der Waals surface area contributed by atoms with Crippen molar-refractivity contribution in [3.63, 3.8) is 0 Å². The second-order valence-electron chi connectivity index (χ2n) is 19.3. The number of nitriles is 4. The van der Waals surface area contributed by atoms with E-state index in [0.29, 0.717) is 11.1 Å². The lowest BCUT2D eigenvalue weighted by atomic mass is 10.00. The summed E-state index contributed by atoms with van der Waals surface area (Å²) in [7, 11) is 4.02. The molecule has 0 radical (unpaired) electrons. The van der Waals surface area contributed by atoms with Crippen LogP contribution in [0.15, 0.2) is 194 Å². The van der Waals surface area contributed by atoms with Crippen LogP contribution in [0.1, 0.15) is 62.8 Å². The molecule has 10 heteroatoms. The molecule has 0 spiro atoms. The number of nitrogens with zero attached hydrogens (tertiary/aromatic N) is 8. The minimum absolute atomic E-state index is 0.709. The van der Waals surface area contributed by atoms with Crippen LogP contribution < -0.4 is 20.0 Å². The zero-order chi connectivity index (χ0) is 56.9. The van der Waals surface area contributed by atoms with Crippen LogP contribution in [0.5, 0.6) is 0 Å². The summed E-state index contributed by atoms with van der Waals surface area (Å²) < 4.78 is 5.35. The molecule has 1 saturated heterocycles. The van der Waals surface area contributed by atoms with Crippen molar-refractivity contribution in [2.24, 2.45) is 0 Å². The molecule has 406 valence electrons. The average molecular weight is 1060 g/mol. The second kappa shape index (κ2) is 32.5. The van der Waals surface area contributed by atoms with Crippen molar-refractivity contribution in [3.8, 4) is 68.8 Å². The molecule has 0 bridgehead atoms. The van der Waals surface area contributed by atoms with E-state index in [1.54, 1.807) is 0 Å². The Balaban J connectivity index is 0.000000173. The normalized spacial score (nSPS) is 11.4. The molecule has 1 N–H and O–H groups in total. The van der Waals surface area contributed by atoms with Crippen molar-refractivity contribution in [3.05, 3.63) is 216 Å². The van der Waals surface area contributed by atoms with Crippen molar-refractivity contribution in [2.45, 2.75) is 40.5 Å². The van der Waals surface area contributed by atoms with Crippen LogP contribution in [0.25, 0.3) is 44.5 Å². The summed E-state index contributed by atoms with van der Waals surface area (Å²) in [5, 5.41) is 40.1. The van der Waals surface area contributed by atoms with E-state index < -0.39 is 0 Å². The third-order valence-electron chi connectivity index (χ3n) is 13.8. The first-order valence-electron chi connectivity index (χ1n) is 27.8. The fraction of sp³-hybridized carbons (Fsp3) is 0.257. The van der Waals surface area contributed by atoms with Crippen molar-refractivity contribution >= 4 is 22.7 Å². The first-order valence-corrected chi connectivity index (χ1v) is 27.8. The van der Waals surface area contributed by atoms with Gasteiger partial charge < -0.3 is 24.8 Å². The monoisotopic (exact) mass is 1060 g/mol. The Hall–Kier alpha value is -9.16. The van der Waals surface area contributed by atoms with Crippen LogP contribution in [0.4, 0.5) is 22.7 Å². The smallest absolute Gasteiger partial charge is 0.0998 e. The van der Waals surface area contributed by atoms with E-state index in [9.17, 15) is 10.5 Å². The summed E-state index contributed by atoms with van der Waals surface area (Å²) in [5.74, 6) is 0. The largest absolute Gasteiger partial charge is 0.384 e. The number of nitrogens with one attached hydrogen (secondary N) is 1. The van der Waals surface area contributed by atoms with Crippen molar-refractivity contribution in [1.29, 1.82) is 21.0 Å². The topological polar surface area (TPSA) is 129 Å². The minimum atomic E-state index is 0.709. The van der Waals surface area contributed by atoms with Gasteiger partial charge in [-0.3, -0.25) is 4.90 Å². The molecule has 1 aliphatic rings. The highest BCUT2D eigenvalue weighted by Gasteiger charge is 2.12. The molecule has 0 unspecified atom stereocenters. The highest BCUT2D eigenvalue weighted by atomic mass is 16.5. The lowest BCUT2D eigenvalue weighted by molar-refractivity contribution is 0.0398. The molecule has 10 nitrogen and oxygen atoms in total. The van der Waals surface area contributed by atoms with E-state index in [2.05, 4.69) is 162 Å². The van der Waals surface area contributed by atoms with Crippen LogP contribution in [0.3, 0.4) is 0 Å². The molecular formula is C70H75N9O. The summed E-state index contributed by atoms with van der Waals surface area (Å²) in [6.45, 7) is 18.6. The molecule has 0 aromatic heterocycles. The van der Waals surface area contributed by atoms with Crippen LogP contribution in [-0.2, 0) is 4.74 Å². The zero-order valence-corrected chi connectivity index (χ0v) is 47.4. The lowest BCUT2D eigenvalue weighted by Gasteiger charge is -2.26. The number of hydrogen-bond donors (Lipinski definition) is 1. The third-order valence-corrected chi connectivity index (χ3v) is 13.8. The van der Waals surface area contributed by atoms with Gasteiger partial charge in [0.2, 0.25) is 0 Å². The maximum Gasteiger partial charge on any atom is 0.0998 e. The van der Waals surface area contributed by atoms with Gasteiger partial charge in [0, 0.05) is 89.2 Å². The van der Waals surface area contributed by atoms with E-state index in [-0.39, 0.29) is 0 Å². The summed E-state index contributed by atoms with van der Waals surface area (Å²) in [6, 6.07) is 73.2.